The lowest BCUT2D eigenvalue weighted by molar-refractivity contribution is 0.0480. The summed E-state index contributed by atoms with van der Waals surface area (Å²) < 4.78 is 5.09. The number of phenolic OH excluding ortho intramolecular Hbond substituents is 1. The molecule has 0 bridgehead atoms. The maximum atomic E-state index is 11.1. The summed E-state index contributed by atoms with van der Waals surface area (Å²) in [7, 11) is 0. The number of aromatic hydroxyl groups is 1. The van der Waals surface area contributed by atoms with Crippen molar-refractivity contribution in [2.45, 2.75) is 51.7 Å². The van der Waals surface area contributed by atoms with Gasteiger partial charge in [0.2, 0.25) is 0 Å². The van der Waals surface area contributed by atoms with Gasteiger partial charge in [-0.15, -0.1) is 0 Å². The number of carbonyl (C=O) groups is 1. The number of hydrogen-bond acceptors (Lipinski definition) is 3. The minimum Gasteiger partial charge on any atom is -0.506 e. The number of alkyl carbamates (subject to hydrolysis) is 1. The maximum absolute atomic E-state index is 11.1. The molecule has 0 unspecified atom stereocenters. The summed E-state index contributed by atoms with van der Waals surface area (Å²) in [6, 6.07) is 5.08. The van der Waals surface area contributed by atoms with Gasteiger partial charge in [-0.2, -0.15) is 0 Å². The van der Waals surface area contributed by atoms with Crippen LogP contribution in [0.5, 0.6) is 5.75 Å². The Morgan fingerprint density at radius 2 is 1.95 bits per heavy atom. The van der Waals surface area contributed by atoms with Gasteiger partial charge in [-0.3, -0.25) is 0 Å². The summed E-state index contributed by atoms with van der Waals surface area (Å²) >= 11 is 11.0. The molecule has 0 saturated heterocycles. The fraction of sp³-hybridized carbons (Fsp3) is 0.533. The van der Waals surface area contributed by atoms with Crippen LogP contribution in [0.2, 0.25) is 10.0 Å². The van der Waals surface area contributed by atoms with E-state index in [1.807, 2.05) is 20.8 Å². The first-order valence-electron chi connectivity index (χ1n) is 6.81. The van der Waals surface area contributed by atoms with Crippen LogP contribution in [0, 0.1) is 0 Å². The zero-order valence-electron chi connectivity index (χ0n) is 12.5. The average molecular weight is 334 g/mol. The van der Waals surface area contributed by atoms with Gasteiger partial charge in [0.1, 0.15) is 16.4 Å². The van der Waals surface area contributed by atoms with Crippen LogP contribution in [-0.4, -0.2) is 22.8 Å². The van der Waals surface area contributed by atoms with Gasteiger partial charge in [0, 0.05) is 6.04 Å². The molecule has 0 heterocycles. The highest BCUT2D eigenvalue weighted by atomic mass is 35.5. The second-order valence-electron chi connectivity index (χ2n) is 5.85. The van der Waals surface area contributed by atoms with E-state index in [0.717, 1.165) is 12.8 Å². The van der Waals surface area contributed by atoms with Crippen molar-refractivity contribution in [2.24, 2.45) is 0 Å². The van der Waals surface area contributed by atoms with Crippen molar-refractivity contribution in [2.75, 3.05) is 0 Å². The van der Waals surface area contributed by atoms with Crippen LogP contribution in [0.3, 0.4) is 0 Å². The number of benzene rings is 1. The van der Waals surface area contributed by atoms with Gasteiger partial charge in [-0.05, 0) is 52.2 Å². The van der Waals surface area contributed by atoms with Crippen LogP contribution < -0.4 is 5.32 Å². The molecule has 1 aromatic carbocycles. The maximum Gasteiger partial charge on any atom is 0.407 e. The number of nitrogens with one attached hydrogen (secondary N) is 1. The largest absolute Gasteiger partial charge is 0.506 e. The average Bonchev–Trinajstić information content (AvgIpc) is 2.29. The molecule has 0 spiro atoms. The summed E-state index contributed by atoms with van der Waals surface area (Å²) in [6.07, 6.45) is 3.13. The summed E-state index contributed by atoms with van der Waals surface area (Å²) in [5, 5.41) is 12.3. The van der Waals surface area contributed by atoms with E-state index in [-0.39, 0.29) is 22.5 Å². The number of phenols is 1. The Hall–Kier alpha value is -1.13. The van der Waals surface area contributed by atoms with Gasteiger partial charge in [-0.25, -0.2) is 4.79 Å². The summed E-state index contributed by atoms with van der Waals surface area (Å²) in [6.45, 7) is 5.61. The molecule has 6 heteroatoms. The normalized spacial score (nSPS) is 14.5. The molecular formula is C15H21Cl2NO3. The van der Waals surface area contributed by atoms with Crippen molar-refractivity contribution in [1.29, 1.82) is 0 Å². The molecule has 1 saturated carbocycles. The Bertz CT molecular complexity index is 462. The van der Waals surface area contributed by atoms with E-state index in [9.17, 15) is 4.79 Å². The van der Waals surface area contributed by atoms with Crippen molar-refractivity contribution in [3.05, 3.63) is 28.2 Å². The van der Waals surface area contributed by atoms with Crippen LogP contribution in [0.15, 0.2) is 18.2 Å². The lowest BCUT2D eigenvalue weighted by atomic mass is 9.93. The van der Waals surface area contributed by atoms with E-state index in [1.54, 1.807) is 12.1 Å². The number of amides is 1. The second-order valence-corrected chi connectivity index (χ2v) is 6.63. The summed E-state index contributed by atoms with van der Waals surface area (Å²) in [4.78, 5) is 11.1. The third-order valence-corrected chi connectivity index (χ3v) is 3.57. The van der Waals surface area contributed by atoms with E-state index in [0.29, 0.717) is 11.1 Å². The molecule has 1 aromatic rings. The molecule has 0 atom stereocenters. The zero-order valence-corrected chi connectivity index (χ0v) is 14.0. The quantitative estimate of drug-likeness (QED) is 0.778. The number of halogens is 2. The van der Waals surface area contributed by atoms with Crippen LogP contribution in [0.4, 0.5) is 4.79 Å². The van der Waals surface area contributed by atoms with Gasteiger partial charge in [0.25, 0.3) is 0 Å². The first-order chi connectivity index (χ1) is 9.69. The smallest absolute Gasteiger partial charge is 0.407 e. The molecule has 2 rings (SSSR count). The van der Waals surface area contributed by atoms with Gasteiger partial charge < -0.3 is 15.2 Å². The lowest BCUT2D eigenvalue weighted by Crippen LogP contribution is -2.42. The monoisotopic (exact) mass is 333 g/mol. The van der Waals surface area contributed by atoms with Crippen LogP contribution in [0.25, 0.3) is 0 Å². The highest BCUT2D eigenvalue weighted by Crippen LogP contribution is 2.29. The molecular weight excluding hydrogens is 313 g/mol. The van der Waals surface area contributed by atoms with Crippen molar-refractivity contribution in [1.82, 2.24) is 5.32 Å². The number of carbonyl (C=O) groups excluding carboxylic acids is 1. The fourth-order valence-corrected chi connectivity index (χ4v) is 1.81. The molecule has 1 aliphatic carbocycles. The molecule has 2 N–H and O–H groups in total. The van der Waals surface area contributed by atoms with Crippen molar-refractivity contribution in [3.8, 4) is 5.75 Å². The topological polar surface area (TPSA) is 58.6 Å². The molecule has 4 nitrogen and oxygen atoms in total. The first-order valence-corrected chi connectivity index (χ1v) is 7.57. The van der Waals surface area contributed by atoms with Crippen molar-refractivity contribution in [3.63, 3.8) is 0 Å². The van der Waals surface area contributed by atoms with Crippen LogP contribution in [-0.2, 0) is 4.74 Å². The van der Waals surface area contributed by atoms with Crippen molar-refractivity contribution >= 4 is 29.3 Å². The standard InChI is InChI=1S/C9H17NO2.C6H4Cl2O/c1-9(2,3)12-8(11)10-7-5-4-6-7;7-4-2-1-3-5(9)6(4)8/h7H,4-6H2,1-3H3,(H,10,11);1-3,9H. The molecule has 1 aliphatic rings. The summed E-state index contributed by atoms with van der Waals surface area (Å²) in [5.74, 6) is 0.0177. The molecule has 0 aromatic heterocycles. The Morgan fingerprint density at radius 1 is 1.33 bits per heavy atom. The van der Waals surface area contributed by atoms with Gasteiger partial charge >= 0.3 is 6.09 Å². The minimum atomic E-state index is -0.381. The van der Waals surface area contributed by atoms with Crippen molar-refractivity contribution < 1.29 is 14.6 Å². The molecule has 1 amide bonds. The zero-order chi connectivity index (χ0) is 16.0. The second kappa shape index (κ2) is 7.76. The van der Waals surface area contributed by atoms with Gasteiger partial charge in [-0.1, -0.05) is 29.3 Å². The van der Waals surface area contributed by atoms with E-state index in [2.05, 4.69) is 5.32 Å². The van der Waals surface area contributed by atoms with E-state index >= 15 is 0 Å². The Kier molecular flexibility index (Phi) is 6.62. The first kappa shape index (κ1) is 17.9. The molecule has 1 fully saturated rings. The number of hydrogen-bond donors (Lipinski definition) is 2. The lowest BCUT2D eigenvalue weighted by Gasteiger charge is -2.28. The third kappa shape index (κ3) is 6.91. The summed E-state index contributed by atoms with van der Waals surface area (Å²) in [5.41, 5.74) is -0.381. The van der Waals surface area contributed by atoms with E-state index in [1.165, 1.54) is 12.5 Å². The molecule has 118 valence electrons. The van der Waals surface area contributed by atoms with Gasteiger partial charge in [0.05, 0.1) is 5.02 Å². The number of ether oxygens (including phenoxy) is 1. The highest BCUT2D eigenvalue weighted by molar-refractivity contribution is 6.42. The minimum absolute atomic E-state index is 0.0177. The molecule has 21 heavy (non-hydrogen) atoms. The Balaban J connectivity index is 0.000000219. The van der Waals surface area contributed by atoms with E-state index in [4.69, 9.17) is 33.0 Å². The highest BCUT2D eigenvalue weighted by Gasteiger charge is 2.22. The van der Waals surface area contributed by atoms with Crippen LogP contribution >= 0.6 is 23.2 Å². The van der Waals surface area contributed by atoms with Crippen LogP contribution in [0.1, 0.15) is 40.0 Å². The fourth-order valence-electron chi connectivity index (χ4n) is 1.52. The SMILES string of the molecule is CC(C)(C)OC(=O)NC1CCC1.Oc1cccc(Cl)c1Cl. The molecule has 0 radical (unpaired) electrons. The third-order valence-electron chi connectivity index (χ3n) is 2.76. The Labute approximate surface area is 135 Å². The van der Waals surface area contributed by atoms with E-state index < -0.39 is 0 Å². The predicted molar refractivity (Wildman–Crippen MR) is 85.1 cm³/mol. The van der Waals surface area contributed by atoms with Gasteiger partial charge in [0.15, 0.2) is 0 Å². The molecule has 0 aliphatic heterocycles. The predicted octanol–water partition coefficient (Wildman–Crippen LogP) is 4.76. The Morgan fingerprint density at radius 3 is 2.33 bits per heavy atom. The number of rotatable bonds is 1.